The normalized spacial score (nSPS) is 16.6. The van der Waals surface area contributed by atoms with Crippen LogP contribution in [0.4, 0.5) is 0 Å². The van der Waals surface area contributed by atoms with Crippen LogP contribution in [0.5, 0.6) is 0 Å². The van der Waals surface area contributed by atoms with Crippen molar-refractivity contribution in [2.45, 2.75) is 64.8 Å². The van der Waals surface area contributed by atoms with E-state index in [1.807, 2.05) is 17.7 Å². The van der Waals surface area contributed by atoms with Crippen LogP contribution in [0.3, 0.4) is 0 Å². The summed E-state index contributed by atoms with van der Waals surface area (Å²) in [6.07, 6.45) is 3.85. The minimum Gasteiger partial charge on any atom is -0.392 e. The van der Waals surface area contributed by atoms with Crippen molar-refractivity contribution in [2.24, 2.45) is 5.92 Å². The number of benzene rings is 3. The summed E-state index contributed by atoms with van der Waals surface area (Å²) in [6, 6.07) is 20.1. The molecule has 43 heavy (non-hydrogen) atoms. The number of fused-ring (bicyclic) bond motifs is 6. The van der Waals surface area contributed by atoms with E-state index < -0.39 is 0 Å². The summed E-state index contributed by atoms with van der Waals surface area (Å²) >= 11 is 1.82. The van der Waals surface area contributed by atoms with Gasteiger partial charge in [-0.1, -0.05) is 71.5 Å². The predicted molar refractivity (Wildman–Crippen MR) is 180 cm³/mol. The summed E-state index contributed by atoms with van der Waals surface area (Å²) in [5, 5.41) is 16.4. The highest BCUT2D eigenvalue weighted by Gasteiger charge is 2.41. The highest BCUT2D eigenvalue weighted by Crippen LogP contribution is 2.49. The Labute approximate surface area is 259 Å². The molecule has 2 atom stereocenters. The number of aliphatic hydroxyl groups excluding tert-OH is 1. The lowest BCUT2D eigenvalue weighted by atomic mass is 9.73. The van der Waals surface area contributed by atoms with Crippen LogP contribution in [-0.4, -0.2) is 30.4 Å². The molecule has 2 unspecified atom stereocenters. The van der Waals surface area contributed by atoms with Gasteiger partial charge in [-0.05, 0) is 85.8 Å². The van der Waals surface area contributed by atoms with Crippen molar-refractivity contribution < 1.29 is 14.4 Å². The second-order valence-electron chi connectivity index (χ2n) is 13.4. The van der Waals surface area contributed by atoms with Crippen molar-refractivity contribution in [1.82, 2.24) is 4.98 Å². The fourth-order valence-corrected chi connectivity index (χ4v) is 8.01. The number of nitrogens with zero attached hydrogens (tertiary/aromatic N) is 2. The van der Waals surface area contributed by atoms with Gasteiger partial charge in [-0.3, -0.25) is 0 Å². The van der Waals surface area contributed by atoms with Gasteiger partial charge in [0.05, 0.1) is 6.61 Å². The summed E-state index contributed by atoms with van der Waals surface area (Å²) in [6.45, 7) is 16.3. The average molecular weight is 592 g/mol. The number of hydrogen-bond acceptors (Lipinski definition) is 4. The van der Waals surface area contributed by atoms with Crippen LogP contribution in [0.2, 0.25) is 0 Å². The molecule has 0 fully saturated rings. The smallest absolute Gasteiger partial charge is 0.287 e. The molecule has 0 radical (unpaired) electrons. The Morgan fingerprint density at radius 1 is 1.05 bits per heavy atom. The molecule has 1 N–H and O–H groups in total. The first-order valence-corrected chi connectivity index (χ1v) is 16.3. The van der Waals surface area contributed by atoms with Crippen molar-refractivity contribution in [3.05, 3.63) is 95.1 Å². The molecular weight excluding hydrogens is 548 g/mol. The number of methoxy groups -OCH3 is 1. The SMILES string of the molecule is C=C(CO)C1C(CCOC)c2c(cc(C(C)(C)C)c3ccccc23)-c2cc(-c3ccc(CC(C)C)c4sccc34)nc[n+]21. The van der Waals surface area contributed by atoms with E-state index in [1.54, 1.807) is 7.11 Å². The second kappa shape index (κ2) is 11.6. The summed E-state index contributed by atoms with van der Waals surface area (Å²) in [5.74, 6) is 0.679. The summed E-state index contributed by atoms with van der Waals surface area (Å²) in [5.41, 5.74) is 9.25. The summed E-state index contributed by atoms with van der Waals surface area (Å²) < 4.78 is 9.23. The quantitative estimate of drug-likeness (QED) is 0.145. The van der Waals surface area contributed by atoms with E-state index in [1.165, 1.54) is 43.1 Å². The van der Waals surface area contributed by atoms with E-state index in [0.29, 0.717) is 12.5 Å². The van der Waals surface area contributed by atoms with E-state index in [9.17, 15) is 5.11 Å². The molecule has 2 aromatic heterocycles. The molecule has 0 spiro atoms. The van der Waals surface area contributed by atoms with Crippen LogP contribution in [0.25, 0.3) is 43.4 Å². The first-order valence-electron chi connectivity index (χ1n) is 15.4. The Balaban J connectivity index is 1.65. The minimum atomic E-state index is -0.136. The van der Waals surface area contributed by atoms with Crippen LogP contribution >= 0.6 is 11.3 Å². The largest absolute Gasteiger partial charge is 0.392 e. The molecule has 1 aliphatic rings. The molecule has 0 saturated heterocycles. The van der Waals surface area contributed by atoms with Gasteiger partial charge < -0.3 is 9.84 Å². The van der Waals surface area contributed by atoms with Crippen molar-refractivity contribution in [3.8, 4) is 22.5 Å². The van der Waals surface area contributed by atoms with E-state index in [2.05, 4.69) is 106 Å². The molecule has 3 heterocycles. The van der Waals surface area contributed by atoms with Crippen LogP contribution in [0, 0.1) is 5.92 Å². The van der Waals surface area contributed by atoms with Crippen LogP contribution in [0.1, 0.15) is 69.7 Å². The zero-order valence-electron chi connectivity index (χ0n) is 26.3. The highest BCUT2D eigenvalue weighted by atomic mass is 32.1. The molecule has 4 nitrogen and oxygen atoms in total. The molecule has 222 valence electrons. The van der Waals surface area contributed by atoms with Gasteiger partial charge in [-0.25, -0.2) is 4.57 Å². The maximum Gasteiger partial charge on any atom is 0.287 e. The third kappa shape index (κ3) is 5.22. The third-order valence-electron chi connectivity index (χ3n) is 8.95. The molecule has 0 saturated carbocycles. The molecule has 5 aromatic rings. The lowest BCUT2D eigenvalue weighted by molar-refractivity contribution is -0.712. The van der Waals surface area contributed by atoms with Gasteiger partial charge in [0.15, 0.2) is 5.69 Å². The van der Waals surface area contributed by atoms with E-state index in [-0.39, 0.29) is 24.0 Å². The first kappa shape index (κ1) is 29.7. The van der Waals surface area contributed by atoms with E-state index >= 15 is 0 Å². The monoisotopic (exact) mass is 591 g/mol. The fraction of sp³-hybridized carbons (Fsp3) is 0.368. The topological polar surface area (TPSA) is 46.2 Å². The molecule has 0 amide bonds. The van der Waals surface area contributed by atoms with Crippen molar-refractivity contribution in [3.63, 3.8) is 0 Å². The van der Waals surface area contributed by atoms with Crippen LogP contribution in [0.15, 0.2) is 78.5 Å². The average Bonchev–Trinajstić information content (AvgIpc) is 3.48. The van der Waals surface area contributed by atoms with Crippen molar-refractivity contribution in [2.75, 3.05) is 20.3 Å². The van der Waals surface area contributed by atoms with Crippen LogP contribution < -0.4 is 4.57 Å². The van der Waals surface area contributed by atoms with Gasteiger partial charge in [0.1, 0.15) is 11.7 Å². The molecule has 1 aliphatic heterocycles. The lowest BCUT2D eigenvalue weighted by Crippen LogP contribution is -2.49. The first-order chi connectivity index (χ1) is 20.6. The van der Waals surface area contributed by atoms with Gasteiger partial charge in [-0.2, -0.15) is 0 Å². The molecular formula is C38H43N2O2S+. The zero-order chi connectivity index (χ0) is 30.5. The Morgan fingerprint density at radius 3 is 2.51 bits per heavy atom. The van der Waals surface area contributed by atoms with Crippen molar-refractivity contribution in [1.29, 1.82) is 0 Å². The number of aliphatic hydroxyl groups is 1. The van der Waals surface area contributed by atoms with Gasteiger partial charge in [0, 0.05) is 46.9 Å². The second-order valence-corrected chi connectivity index (χ2v) is 14.3. The maximum absolute atomic E-state index is 10.4. The predicted octanol–water partition coefficient (Wildman–Crippen LogP) is 8.79. The summed E-state index contributed by atoms with van der Waals surface area (Å²) in [4.78, 5) is 5.08. The molecule has 0 aliphatic carbocycles. The molecule has 5 heteroatoms. The molecule has 6 rings (SSSR count). The molecule has 3 aromatic carbocycles. The number of thiophene rings is 1. The van der Waals surface area contributed by atoms with Gasteiger partial charge in [-0.15, -0.1) is 11.3 Å². The van der Waals surface area contributed by atoms with Gasteiger partial charge in [0.2, 0.25) is 0 Å². The Kier molecular flexibility index (Phi) is 8.01. The van der Waals surface area contributed by atoms with Crippen molar-refractivity contribution >= 4 is 32.2 Å². The Bertz CT molecular complexity index is 1830. The Morgan fingerprint density at radius 2 is 1.81 bits per heavy atom. The fourth-order valence-electron chi connectivity index (χ4n) is 7.06. The van der Waals surface area contributed by atoms with Gasteiger partial charge in [0.25, 0.3) is 6.33 Å². The summed E-state index contributed by atoms with van der Waals surface area (Å²) in [7, 11) is 1.76. The van der Waals surface area contributed by atoms with E-state index in [0.717, 1.165) is 35.4 Å². The van der Waals surface area contributed by atoms with Crippen LogP contribution in [-0.2, 0) is 16.6 Å². The van der Waals surface area contributed by atoms with E-state index in [4.69, 9.17) is 9.72 Å². The zero-order valence-corrected chi connectivity index (χ0v) is 27.1. The van der Waals surface area contributed by atoms with Gasteiger partial charge >= 0.3 is 0 Å². The number of hydrogen-bond donors (Lipinski definition) is 1. The highest BCUT2D eigenvalue weighted by molar-refractivity contribution is 7.17. The maximum atomic E-state index is 10.4. The third-order valence-corrected chi connectivity index (χ3v) is 9.94. The minimum absolute atomic E-state index is 0.0437. The number of ether oxygens (including phenoxy) is 1. The molecule has 0 bridgehead atoms. The lowest BCUT2D eigenvalue weighted by Gasteiger charge is -2.36. The number of aromatic nitrogens is 2. The standard InChI is InChI=1S/C38H43N2O2S/c1-23(2)18-25-12-13-27(29-15-17-43-37(25)29)33-20-34-31-19-32(38(4,5)6)26-10-8-9-11-28(26)35(31)30(14-16-42-7)36(24(3)21-41)40(34)22-39-33/h8-13,15,17,19-20,22-23,30,36,41H,3,14,16,18,21H2,1-2,4-7H3/q+1. The number of rotatable bonds is 8. The Hall–Kier alpha value is -3.38.